The molecule has 0 atom stereocenters. The largest absolute Gasteiger partial charge is 0.508 e. The third-order valence-electron chi connectivity index (χ3n) is 5.33. The number of phenols is 1. The Balaban J connectivity index is 1.56. The summed E-state index contributed by atoms with van der Waals surface area (Å²) in [6, 6.07) is 6.27. The van der Waals surface area contributed by atoms with Crippen LogP contribution in [-0.4, -0.2) is 71.0 Å². The number of rotatable bonds is 5. The average Bonchev–Trinajstić information content (AvgIpc) is 2.91. The lowest BCUT2D eigenvalue weighted by atomic mass is 9.87. The first-order valence-corrected chi connectivity index (χ1v) is 9.12. The molecule has 2 saturated heterocycles. The van der Waals surface area contributed by atoms with Crippen molar-refractivity contribution in [1.29, 1.82) is 0 Å². The number of piperidine rings is 1. The van der Waals surface area contributed by atoms with Crippen molar-refractivity contribution in [3.63, 3.8) is 0 Å². The fourth-order valence-corrected chi connectivity index (χ4v) is 3.61. The van der Waals surface area contributed by atoms with Gasteiger partial charge in [-0.15, -0.1) is 0 Å². The number of imide groups is 1. The number of ether oxygens (including phenoxy) is 1. The maximum absolute atomic E-state index is 12.7. The van der Waals surface area contributed by atoms with Crippen LogP contribution in [-0.2, 0) is 25.5 Å². The van der Waals surface area contributed by atoms with Crippen molar-refractivity contribution in [2.24, 2.45) is 0 Å². The van der Waals surface area contributed by atoms with Crippen LogP contribution in [0.1, 0.15) is 24.8 Å². The van der Waals surface area contributed by atoms with E-state index in [4.69, 9.17) is 0 Å². The number of hydrogen-bond acceptors (Lipinski definition) is 6. The molecule has 0 aromatic heterocycles. The summed E-state index contributed by atoms with van der Waals surface area (Å²) in [7, 11) is 1.19. The number of aromatic hydroxyl groups is 1. The van der Waals surface area contributed by atoms with E-state index in [1.165, 1.54) is 7.11 Å². The number of carbonyl (C=O) groups excluding carboxylic acids is 4. The van der Waals surface area contributed by atoms with Crippen LogP contribution in [0.4, 0.5) is 4.79 Å². The van der Waals surface area contributed by atoms with Crippen molar-refractivity contribution in [2.45, 2.75) is 31.2 Å². The number of phenolic OH excluding ortho intramolecular Hbond substituents is 1. The molecule has 0 saturated carbocycles. The first-order chi connectivity index (χ1) is 13.4. The summed E-state index contributed by atoms with van der Waals surface area (Å²) in [5.74, 6) is -1.03. The monoisotopic (exact) mass is 389 g/mol. The van der Waals surface area contributed by atoms with E-state index >= 15 is 0 Å². The van der Waals surface area contributed by atoms with Gasteiger partial charge in [0.15, 0.2) is 0 Å². The molecule has 0 bridgehead atoms. The molecule has 2 aliphatic heterocycles. The molecule has 0 radical (unpaired) electrons. The highest BCUT2D eigenvalue weighted by molar-refractivity contribution is 6.08. The van der Waals surface area contributed by atoms with Gasteiger partial charge in [-0.25, -0.2) is 4.79 Å². The van der Waals surface area contributed by atoms with E-state index < -0.39 is 30.0 Å². The summed E-state index contributed by atoms with van der Waals surface area (Å²) >= 11 is 0. The Morgan fingerprint density at radius 3 is 2.54 bits per heavy atom. The Kier molecular flexibility index (Phi) is 5.53. The number of methoxy groups -OCH3 is 1. The molecule has 9 heteroatoms. The number of urea groups is 1. The molecule has 0 unspecified atom stereocenters. The second-order valence-corrected chi connectivity index (χ2v) is 6.99. The van der Waals surface area contributed by atoms with Crippen molar-refractivity contribution in [3.8, 4) is 5.75 Å². The number of carbonyl (C=O) groups is 4. The van der Waals surface area contributed by atoms with E-state index in [0.717, 1.165) is 4.90 Å². The van der Waals surface area contributed by atoms with Gasteiger partial charge in [0.1, 0.15) is 17.8 Å². The SMILES string of the molecule is COC(=O)CN1C(=O)NC2(CCN(C(=O)CCc3ccccc3O)CC2)C1=O. The summed E-state index contributed by atoms with van der Waals surface area (Å²) in [6.07, 6.45) is 1.25. The Hall–Kier alpha value is -3.10. The van der Waals surface area contributed by atoms with Gasteiger partial charge in [-0.2, -0.15) is 0 Å². The van der Waals surface area contributed by atoms with Crippen molar-refractivity contribution in [3.05, 3.63) is 29.8 Å². The highest BCUT2D eigenvalue weighted by Crippen LogP contribution is 2.30. The lowest BCUT2D eigenvalue weighted by Crippen LogP contribution is -2.56. The third kappa shape index (κ3) is 3.78. The number of benzene rings is 1. The zero-order valence-corrected chi connectivity index (χ0v) is 15.6. The maximum Gasteiger partial charge on any atom is 0.325 e. The normalized spacial score (nSPS) is 18.3. The summed E-state index contributed by atoms with van der Waals surface area (Å²) in [5, 5.41) is 12.5. The lowest BCUT2D eigenvalue weighted by Gasteiger charge is -2.37. The predicted octanol–water partition coefficient (Wildman–Crippen LogP) is 0.411. The predicted molar refractivity (Wildman–Crippen MR) is 97.2 cm³/mol. The average molecular weight is 389 g/mol. The molecule has 2 fully saturated rings. The zero-order valence-electron chi connectivity index (χ0n) is 15.6. The molecule has 1 aromatic rings. The number of amides is 4. The van der Waals surface area contributed by atoms with Gasteiger partial charge in [-0.3, -0.25) is 19.3 Å². The van der Waals surface area contributed by atoms with Crippen LogP contribution in [0.3, 0.4) is 0 Å². The van der Waals surface area contributed by atoms with E-state index in [1.807, 2.05) is 0 Å². The highest BCUT2D eigenvalue weighted by atomic mass is 16.5. The van der Waals surface area contributed by atoms with E-state index in [2.05, 4.69) is 10.1 Å². The number of hydrogen-bond donors (Lipinski definition) is 2. The van der Waals surface area contributed by atoms with Gasteiger partial charge in [0.05, 0.1) is 7.11 Å². The van der Waals surface area contributed by atoms with Gasteiger partial charge in [0, 0.05) is 19.5 Å². The minimum atomic E-state index is -1.07. The minimum Gasteiger partial charge on any atom is -0.508 e. The molecule has 150 valence electrons. The van der Waals surface area contributed by atoms with Crippen LogP contribution in [0.25, 0.3) is 0 Å². The molecular weight excluding hydrogens is 366 g/mol. The van der Waals surface area contributed by atoms with Gasteiger partial charge in [-0.1, -0.05) is 18.2 Å². The summed E-state index contributed by atoms with van der Waals surface area (Å²) < 4.78 is 4.52. The molecule has 3 rings (SSSR count). The third-order valence-corrected chi connectivity index (χ3v) is 5.33. The van der Waals surface area contributed by atoms with Crippen LogP contribution in [0.15, 0.2) is 24.3 Å². The Morgan fingerprint density at radius 2 is 1.89 bits per heavy atom. The fourth-order valence-electron chi connectivity index (χ4n) is 3.61. The van der Waals surface area contributed by atoms with Crippen molar-refractivity contribution in [2.75, 3.05) is 26.7 Å². The molecular formula is C19H23N3O6. The van der Waals surface area contributed by atoms with Gasteiger partial charge in [-0.05, 0) is 30.9 Å². The molecule has 2 N–H and O–H groups in total. The molecule has 1 aromatic carbocycles. The van der Waals surface area contributed by atoms with Crippen molar-refractivity contribution < 1.29 is 29.0 Å². The van der Waals surface area contributed by atoms with Crippen LogP contribution in [0.2, 0.25) is 0 Å². The second-order valence-electron chi connectivity index (χ2n) is 6.99. The van der Waals surface area contributed by atoms with Crippen molar-refractivity contribution in [1.82, 2.24) is 15.1 Å². The number of aryl methyl sites for hydroxylation is 1. The first kappa shape index (κ1) is 19.7. The van der Waals surface area contributed by atoms with E-state index in [-0.39, 0.29) is 30.9 Å². The van der Waals surface area contributed by atoms with E-state index in [0.29, 0.717) is 25.1 Å². The van der Waals surface area contributed by atoms with Crippen LogP contribution >= 0.6 is 0 Å². The molecule has 4 amide bonds. The second kappa shape index (κ2) is 7.87. The summed E-state index contributed by atoms with van der Waals surface area (Å²) in [6.45, 7) is 0.238. The first-order valence-electron chi connectivity index (χ1n) is 9.12. The van der Waals surface area contributed by atoms with Crippen LogP contribution in [0, 0.1) is 0 Å². The van der Waals surface area contributed by atoms with Gasteiger partial charge in [0.25, 0.3) is 5.91 Å². The Bertz CT molecular complexity index is 801. The Morgan fingerprint density at radius 1 is 1.21 bits per heavy atom. The fraction of sp³-hybridized carbons (Fsp3) is 0.474. The number of nitrogens with one attached hydrogen (secondary N) is 1. The lowest BCUT2D eigenvalue weighted by molar-refractivity contribution is -0.146. The maximum atomic E-state index is 12.7. The molecule has 28 heavy (non-hydrogen) atoms. The van der Waals surface area contributed by atoms with Crippen LogP contribution < -0.4 is 5.32 Å². The molecule has 2 heterocycles. The molecule has 0 aliphatic carbocycles. The number of para-hydroxylation sites is 1. The topological polar surface area (TPSA) is 116 Å². The van der Waals surface area contributed by atoms with Crippen LogP contribution in [0.5, 0.6) is 5.75 Å². The van der Waals surface area contributed by atoms with Crippen molar-refractivity contribution >= 4 is 23.8 Å². The van der Waals surface area contributed by atoms with Gasteiger partial charge >= 0.3 is 12.0 Å². The summed E-state index contributed by atoms with van der Waals surface area (Å²) in [5.41, 5.74) is -0.361. The zero-order chi connectivity index (χ0) is 20.3. The number of esters is 1. The smallest absolute Gasteiger partial charge is 0.325 e. The van der Waals surface area contributed by atoms with E-state index in [9.17, 15) is 24.3 Å². The van der Waals surface area contributed by atoms with Gasteiger partial charge < -0.3 is 20.1 Å². The van der Waals surface area contributed by atoms with E-state index in [1.54, 1.807) is 29.2 Å². The molecule has 2 aliphatic rings. The minimum absolute atomic E-state index is 0.0682. The number of likely N-dealkylation sites (tertiary alicyclic amines) is 1. The summed E-state index contributed by atoms with van der Waals surface area (Å²) in [4.78, 5) is 51.2. The van der Waals surface area contributed by atoms with Gasteiger partial charge in [0.2, 0.25) is 5.91 Å². The molecule has 1 spiro atoms. The molecule has 9 nitrogen and oxygen atoms in total. The Labute approximate surface area is 162 Å². The quantitative estimate of drug-likeness (QED) is 0.557. The standard InChI is InChI=1S/C19H23N3O6/c1-28-16(25)12-22-17(26)19(20-18(22)27)8-10-21(11-9-19)15(24)7-6-13-4-2-3-5-14(13)23/h2-5,23H,6-12H2,1H3,(H,20,27). The highest BCUT2D eigenvalue weighted by Gasteiger charge is 2.53. The number of nitrogens with zero attached hydrogens (tertiary/aromatic N) is 2.